The van der Waals surface area contributed by atoms with Crippen molar-refractivity contribution in [1.82, 2.24) is 4.72 Å². The predicted molar refractivity (Wildman–Crippen MR) is 111 cm³/mol. The number of halogens is 1. The van der Waals surface area contributed by atoms with Gasteiger partial charge in [0.15, 0.2) is 0 Å². The Labute approximate surface area is 175 Å². The van der Waals surface area contributed by atoms with E-state index in [-0.39, 0.29) is 22.7 Å². The summed E-state index contributed by atoms with van der Waals surface area (Å²) in [5.41, 5.74) is -0.581. The van der Waals surface area contributed by atoms with Gasteiger partial charge in [-0.05, 0) is 54.3 Å². The number of rotatable bonds is 8. The van der Waals surface area contributed by atoms with Crippen molar-refractivity contribution in [2.75, 3.05) is 11.9 Å². The largest absolute Gasteiger partial charge is 0.322 e. The van der Waals surface area contributed by atoms with Gasteiger partial charge >= 0.3 is 5.69 Å². The van der Waals surface area contributed by atoms with Gasteiger partial charge in [-0.25, -0.2) is 13.1 Å². The van der Waals surface area contributed by atoms with E-state index in [1.165, 1.54) is 30.3 Å². The number of carbonyl (C=O) groups excluding carboxylic acids is 1. The number of benzene rings is 2. The van der Waals surface area contributed by atoms with Gasteiger partial charge in [-0.3, -0.25) is 14.9 Å². The number of carbonyl (C=O) groups is 1. The van der Waals surface area contributed by atoms with Crippen LogP contribution in [0.25, 0.3) is 0 Å². The second-order valence-corrected chi connectivity index (χ2v) is 8.93. The molecule has 0 saturated heterocycles. The molecule has 8 nitrogen and oxygen atoms in total. The van der Waals surface area contributed by atoms with Crippen LogP contribution in [0.15, 0.2) is 64.9 Å². The Morgan fingerprint density at radius 2 is 1.87 bits per heavy atom. The Morgan fingerprint density at radius 1 is 1.13 bits per heavy atom. The average Bonchev–Trinajstić information content (AvgIpc) is 3.22. The van der Waals surface area contributed by atoms with Crippen molar-refractivity contribution in [3.8, 4) is 0 Å². The summed E-state index contributed by atoms with van der Waals surface area (Å²) in [6, 6.07) is 12.0. The third-order valence-corrected chi connectivity index (χ3v) is 6.48. The normalized spacial score (nSPS) is 11.2. The molecule has 0 saturated carbocycles. The number of nitro groups is 1. The summed E-state index contributed by atoms with van der Waals surface area (Å²) >= 11 is 1.54. The Balaban J connectivity index is 1.65. The zero-order chi connectivity index (χ0) is 21.7. The van der Waals surface area contributed by atoms with Crippen molar-refractivity contribution >= 4 is 38.6 Å². The summed E-state index contributed by atoms with van der Waals surface area (Å²) in [5.74, 6) is -1.63. The van der Waals surface area contributed by atoms with Crippen LogP contribution in [0.2, 0.25) is 0 Å². The zero-order valence-corrected chi connectivity index (χ0v) is 17.0. The van der Waals surface area contributed by atoms with E-state index < -0.39 is 32.4 Å². The third-order valence-electron chi connectivity index (χ3n) is 4.07. The summed E-state index contributed by atoms with van der Waals surface area (Å²) in [6.07, 6.45) is 0.571. The third kappa shape index (κ3) is 5.26. The van der Waals surface area contributed by atoms with Crippen molar-refractivity contribution < 1.29 is 22.5 Å². The van der Waals surface area contributed by atoms with Crippen LogP contribution in [0.1, 0.15) is 15.2 Å². The number of amides is 1. The van der Waals surface area contributed by atoms with Gasteiger partial charge in [0.2, 0.25) is 15.8 Å². The second-order valence-electron chi connectivity index (χ2n) is 6.13. The molecule has 0 spiro atoms. The molecular weight excluding hydrogens is 433 g/mol. The van der Waals surface area contributed by atoms with Gasteiger partial charge in [-0.15, -0.1) is 11.3 Å². The predicted octanol–water partition coefficient (Wildman–Crippen LogP) is 3.57. The Morgan fingerprint density at radius 3 is 2.50 bits per heavy atom. The van der Waals surface area contributed by atoms with Gasteiger partial charge in [0, 0.05) is 28.7 Å². The molecule has 2 aromatic carbocycles. The van der Waals surface area contributed by atoms with E-state index in [0.717, 1.165) is 17.0 Å². The molecule has 1 heterocycles. The van der Waals surface area contributed by atoms with Crippen molar-refractivity contribution in [1.29, 1.82) is 0 Å². The summed E-state index contributed by atoms with van der Waals surface area (Å²) in [7, 11) is -3.73. The summed E-state index contributed by atoms with van der Waals surface area (Å²) < 4.78 is 40.6. The second kappa shape index (κ2) is 9.11. The topological polar surface area (TPSA) is 118 Å². The van der Waals surface area contributed by atoms with Crippen LogP contribution in [0.4, 0.5) is 15.8 Å². The molecule has 0 bridgehead atoms. The minimum absolute atomic E-state index is 0.00245. The maximum absolute atomic E-state index is 13.4. The van der Waals surface area contributed by atoms with E-state index >= 15 is 0 Å². The molecule has 1 amide bonds. The summed E-state index contributed by atoms with van der Waals surface area (Å²) in [5, 5.41) is 15.1. The lowest BCUT2D eigenvalue weighted by Crippen LogP contribution is -2.26. The minimum Gasteiger partial charge on any atom is -0.322 e. The van der Waals surface area contributed by atoms with Gasteiger partial charge in [0.05, 0.1) is 9.82 Å². The molecular formula is C19H16FN3O5S2. The number of hydrogen-bond donors (Lipinski definition) is 2. The molecule has 0 aliphatic heterocycles. The molecule has 0 radical (unpaired) electrons. The zero-order valence-electron chi connectivity index (χ0n) is 15.4. The van der Waals surface area contributed by atoms with E-state index in [9.17, 15) is 27.7 Å². The summed E-state index contributed by atoms with van der Waals surface area (Å²) in [4.78, 5) is 23.3. The maximum Gasteiger partial charge on any atom is 0.306 e. The van der Waals surface area contributed by atoms with Crippen LogP contribution < -0.4 is 10.0 Å². The molecule has 1 aromatic heterocycles. The van der Waals surface area contributed by atoms with Crippen molar-refractivity contribution in [3.63, 3.8) is 0 Å². The Bertz CT molecular complexity index is 1160. The number of nitro benzene ring substituents is 1. The molecule has 0 fully saturated rings. The Hall–Kier alpha value is -3.15. The molecule has 3 aromatic rings. The molecule has 0 aliphatic carbocycles. The van der Waals surface area contributed by atoms with Crippen LogP contribution in [0.3, 0.4) is 0 Å². The first-order chi connectivity index (χ1) is 14.3. The average molecular weight is 449 g/mol. The highest BCUT2D eigenvalue weighted by Gasteiger charge is 2.17. The molecule has 0 atom stereocenters. The van der Waals surface area contributed by atoms with Crippen LogP contribution in [0, 0.1) is 15.9 Å². The first-order valence-electron chi connectivity index (χ1n) is 8.64. The highest BCUT2D eigenvalue weighted by atomic mass is 32.2. The first kappa shape index (κ1) is 21.6. The van der Waals surface area contributed by atoms with Gasteiger partial charge in [0.25, 0.3) is 5.91 Å². The quantitative estimate of drug-likeness (QED) is 0.403. The molecule has 11 heteroatoms. The fraction of sp³-hybridized carbons (Fsp3) is 0.105. The molecule has 2 N–H and O–H groups in total. The van der Waals surface area contributed by atoms with Crippen molar-refractivity contribution in [2.45, 2.75) is 11.3 Å². The van der Waals surface area contributed by atoms with E-state index in [1.807, 2.05) is 17.5 Å². The van der Waals surface area contributed by atoms with Crippen LogP contribution in [-0.4, -0.2) is 25.8 Å². The number of nitrogens with zero attached hydrogens (tertiary/aromatic N) is 1. The van der Waals surface area contributed by atoms with Crippen LogP contribution >= 0.6 is 11.3 Å². The minimum atomic E-state index is -3.73. The van der Waals surface area contributed by atoms with Crippen molar-refractivity contribution in [3.05, 3.63) is 86.3 Å². The van der Waals surface area contributed by atoms with E-state index in [0.29, 0.717) is 6.42 Å². The van der Waals surface area contributed by atoms with E-state index in [2.05, 4.69) is 10.0 Å². The van der Waals surface area contributed by atoms with E-state index in [4.69, 9.17) is 0 Å². The lowest BCUT2D eigenvalue weighted by Gasteiger charge is -2.08. The highest BCUT2D eigenvalue weighted by molar-refractivity contribution is 7.89. The first-order valence-corrected chi connectivity index (χ1v) is 11.0. The number of nitrogens with one attached hydrogen (secondary N) is 2. The van der Waals surface area contributed by atoms with Crippen molar-refractivity contribution in [2.24, 2.45) is 0 Å². The molecule has 30 heavy (non-hydrogen) atoms. The molecule has 156 valence electrons. The fourth-order valence-corrected chi connectivity index (χ4v) is 4.31. The standard InChI is InChI=1S/C19H16FN3O5S2/c20-17-8-5-14(12-18(17)23(25)26)22-19(24)13-3-6-16(7-4-13)30(27,28)21-10-9-15-2-1-11-29-15/h1-8,11-12,21H,9-10H2,(H,22,24). The highest BCUT2D eigenvalue weighted by Crippen LogP contribution is 2.22. The SMILES string of the molecule is O=C(Nc1ccc(F)c([N+](=O)[O-])c1)c1ccc(S(=O)(=O)NCCc2cccs2)cc1. The van der Waals surface area contributed by atoms with E-state index in [1.54, 1.807) is 11.3 Å². The van der Waals surface area contributed by atoms with Gasteiger partial charge in [0.1, 0.15) is 0 Å². The molecule has 0 unspecified atom stereocenters. The van der Waals surface area contributed by atoms with Gasteiger partial charge < -0.3 is 5.32 Å². The lowest BCUT2D eigenvalue weighted by molar-refractivity contribution is -0.387. The Kier molecular flexibility index (Phi) is 6.55. The molecule has 0 aliphatic rings. The summed E-state index contributed by atoms with van der Waals surface area (Å²) in [6.45, 7) is 0.244. The smallest absolute Gasteiger partial charge is 0.306 e. The van der Waals surface area contributed by atoms with Crippen LogP contribution in [0.5, 0.6) is 0 Å². The number of hydrogen-bond acceptors (Lipinski definition) is 6. The maximum atomic E-state index is 13.4. The molecule has 3 rings (SSSR count). The monoisotopic (exact) mass is 449 g/mol. The van der Waals surface area contributed by atoms with Crippen LogP contribution in [-0.2, 0) is 16.4 Å². The number of sulfonamides is 1. The van der Waals surface area contributed by atoms with Gasteiger partial charge in [-0.2, -0.15) is 4.39 Å². The number of thiophene rings is 1. The van der Waals surface area contributed by atoms with Gasteiger partial charge in [-0.1, -0.05) is 6.07 Å². The lowest BCUT2D eigenvalue weighted by atomic mass is 10.2. The number of anilines is 1. The fourth-order valence-electron chi connectivity index (χ4n) is 2.57.